The predicted octanol–water partition coefficient (Wildman–Crippen LogP) is 3.26. The van der Waals surface area contributed by atoms with Gasteiger partial charge in [-0.25, -0.2) is 4.98 Å². The van der Waals surface area contributed by atoms with Crippen molar-refractivity contribution in [2.24, 2.45) is 0 Å². The number of benzene rings is 2. The van der Waals surface area contributed by atoms with E-state index in [0.29, 0.717) is 17.2 Å². The molecule has 0 unspecified atom stereocenters. The second-order valence-electron chi connectivity index (χ2n) is 5.97. The standard InChI is InChI=1S/C20H21N3O3/c1-22(2)20(24)17-12-21-13-23(17)16-7-5-6-14(10-16)15-8-9-18(25-3)19(11-15)26-4/h5-13H,1-4H3. The number of nitrogens with zero attached hydrogens (tertiary/aromatic N) is 3. The molecule has 134 valence electrons. The van der Waals surface area contributed by atoms with Crippen molar-refractivity contribution in [3.8, 4) is 28.3 Å². The number of amides is 1. The smallest absolute Gasteiger partial charge is 0.271 e. The summed E-state index contributed by atoms with van der Waals surface area (Å²) in [6, 6.07) is 13.7. The zero-order valence-electron chi connectivity index (χ0n) is 15.3. The summed E-state index contributed by atoms with van der Waals surface area (Å²) in [6.45, 7) is 0. The summed E-state index contributed by atoms with van der Waals surface area (Å²) in [7, 11) is 6.67. The van der Waals surface area contributed by atoms with Gasteiger partial charge in [0.2, 0.25) is 0 Å². The lowest BCUT2D eigenvalue weighted by Gasteiger charge is -2.14. The number of methoxy groups -OCH3 is 2. The van der Waals surface area contributed by atoms with Crippen LogP contribution < -0.4 is 9.47 Å². The van der Waals surface area contributed by atoms with Crippen molar-refractivity contribution in [2.45, 2.75) is 0 Å². The number of carbonyl (C=O) groups excluding carboxylic acids is 1. The Morgan fingerprint density at radius 2 is 1.73 bits per heavy atom. The zero-order valence-corrected chi connectivity index (χ0v) is 15.3. The van der Waals surface area contributed by atoms with Gasteiger partial charge in [-0.15, -0.1) is 0 Å². The van der Waals surface area contributed by atoms with E-state index in [9.17, 15) is 4.79 Å². The van der Waals surface area contributed by atoms with E-state index in [0.717, 1.165) is 16.8 Å². The van der Waals surface area contributed by atoms with Crippen molar-refractivity contribution in [3.05, 3.63) is 60.7 Å². The Labute approximate surface area is 152 Å². The summed E-state index contributed by atoms with van der Waals surface area (Å²) < 4.78 is 12.5. The molecule has 6 nitrogen and oxygen atoms in total. The number of ether oxygens (including phenoxy) is 2. The van der Waals surface area contributed by atoms with Crippen LogP contribution in [0.1, 0.15) is 10.5 Å². The van der Waals surface area contributed by atoms with E-state index in [1.54, 1.807) is 45.4 Å². The quantitative estimate of drug-likeness (QED) is 0.708. The maximum absolute atomic E-state index is 12.3. The molecule has 26 heavy (non-hydrogen) atoms. The Bertz CT molecular complexity index is 932. The van der Waals surface area contributed by atoms with Crippen LogP contribution in [0.15, 0.2) is 55.0 Å². The lowest BCUT2D eigenvalue weighted by molar-refractivity contribution is 0.0820. The number of aromatic nitrogens is 2. The van der Waals surface area contributed by atoms with Gasteiger partial charge in [-0.3, -0.25) is 9.36 Å². The summed E-state index contributed by atoms with van der Waals surface area (Å²) >= 11 is 0. The largest absolute Gasteiger partial charge is 0.493 e. The lowest BCUT2D eigenvalue weighted by Crippen LogP contribution is -2.24. The highest BCUT2D eigenvalue weighted by atomic mass is 16.5. The summed E-state index contributed by atoms with van der Waals surface area (Å²) in [5, 5.41) is 0. The van der Waals surface area contributed by atoms with Crippen LogP contribution in [0.5, 0.6) is 11.5 Å². The third-order valence-electron chi connectivity index (χ3n) is 4.10. The molecule has 0 aliphatic rings. The molecule has 3 aromatic rings. The molecule has 0 bridgehead atoms. The molecule has 0 saturated carbocycles. The molecule has 0 N–H and O–H groups in total. The van der Waals surface area contributed by atoms with Crippen molar-refractivity contribution < 1.29 is 14.3 Å². The van der Waals surface area contributed by atoms with Crippen LogP contribution in [0, 0.1) is 0 Å². The minimum atomic E-state index is -0.0981. The molecule has 0 spiro atoms. The van der Waals surface area contributed by atoms with Crippen LogP contribution in [0.25, 0.3) is 16.8 Å². The third-order valence-corrected chi connectivity index (χ3v) is 4.10. The van der Waals surface area contributed by atoms with Crippen LogP contribution in [0.2, 0.25) is 0 Å². The first kappa shape index (κ1) is 17.5. The van der Waals surface area contributed by atoms with Crippen LogP contribution in [-0.4, -0.2) is 48.7 Å². The summed E-state index contributed by atoms with van der Waals surface area (Å²) in [5.74, 6) is 1.25. The molecule has 1 amide bonds. The minimum Gasteiger partial charge on any atom is -0.493 e. The molecule has 3 rings (SSSR count). The van der Waals surface area contributed by atoms with Crippen molar-refractivity contribution in [1.82, 2.24) is 14.5 Å². The molecular weight excluding hydrogens is 330 g/mol. The first-order valence-electron chi connectivity index (χ1n) is 8.12. The molecule has 6 heteroatoms. The number of hydrogen-bond acceptors (Lipinski definition) is 4. The Morgan fingerprint density at radius 3 is 2.42 bits per heavy atom. The molecule has 0 aliphatic carbocycles. The number of carbonyl (C=O) groups is 1. The Morgan fingerprint density at radius 1 is 1.00 bits per heavy atom. The molecule has 0 saturated heterocycles. The van der Waals surface area contributed by atoms with Crippen LogP contribution in [0.4, 0.5) is 0 Å². The van der Waals surface area contributed by atoms with Crippen molar-refractivity contribution >= 4 is 5.91 Å². The monoisotopic (exact) mass is 351 g/mol. The van der Waals surface area contributed by atoms with E-state index >= 15 is 0 Å². The second kappa shape index (κ2) is 7.31. The predicted molar refractivity (Wildman–Crippen MR) is 100 cm³/mol. The minimum absolute atomic E-state index is 0.0981. The van der Waals surface area contributed by atoms with Crippen LogP contribution >= 0.6 is 0 Å². The zero-order chi connectivity index (χ0) is 18.7. The van der Waals surface area contributed by atoms with E-state index in [2.05, 4.69) is 4.98 Å². The van der Waals surface area contributed by atoms with Crippen molar-refractivity contribution in [3.63, 3.8) is 0 Å². The van der Waals surface area contributed by atoms with Gasteiger partial charge in [0.15, 0.2) is 11.5 Å². The van der Waals surface area contributed by atoms with E-state index in [-0.39, 0.29) is 5.91 Å². The van der Waals surface area contributed by atoms with Gasteiger partial charge in [0.25, 0.3) is 5.91 Å². The summed E-state index contributed by atoms with van der Waals surface area (Å²) in [6.07, 6.45) is 3.22. The van der Waals surface area contributed by atoms with Gasteiger partial charge in [0.1, 0.15) is 5.69 Å². The fourth-order valence-electron chi connectivity index (χ4n) is 2.74. The van der Waals surface area contributed by atoms with Crippen LogP contribution in [-0.2, 0) is 0 Å². The summed E-state index contributed by atoms with van der Waals surface area (Å²) in [5.41, 5.74) is 3.37. The van der Waals surface area contributed by atoms with Crippen LogP contribution in [0.3, 0.4) is 0 Å². The number of rotatable bonds is 5. The highest BCUT2D eigenvalue weighted by Crippen LogP contribution is 2.33. The number of imidazole rings is 1. The highest BCUT2D eigenvalue weighted by Gasteiger charge is 2.15. The fourth-order valence-corrected chi connectivity index (χ4v) is 2.74. The molecule has 0 radical (unpaired) electrons. The van der Waals surface area contributed by atoms with Crippen molar-refractivity contribution in [1.29, 1.82) is 0 Å². The third kappa shape index (κ3) is 3.26. The average molecular weight is 351 g/mol. The molecule has 1 heterocycles. The van der Waals surface area contributed by atoms with E-state index in [1.165, 1.54) is 4.90 Å². The first-order chi connectivity index (χ1) is 12.5. The van der Waals surface area contributed by atoms with Gasteiger partial charge in [-0.2, -0.15) is 0 Å². The van der Waals surface area contributed by atoms with Gasteiger partial charge < -0.3 is 14.4 Å². The van der Waals surface area contributed by atoms with Gasteiger partial charge >= 0.3 is 0 Å². The summed E-state index contributed by atoms with van der Waals surface area (Å²) in [4.78, 5) is 18.0. The maximum Gasteiger partial charge on any atom is 0.271 e. The fraction of sp³-hybridized carbons (Fsp3) is 0.200. The number of hydrogen-bond donors (Lipinski definition) is 0. The van der Waals surface area contributed by atoms with E-state index in [1.807, 2.05) is 42.5 Å². The lowest BCUT2D eigenvalue weighted by atomic mass is 10.0. The molecule has 0 aliphatic heterocycles. The normalized spacial score (nSPS) is 10.5. The van der Waals surface area contributed by atoms with Gasteiger partial charge in [-0.1, -0.05) is 18.2 Å². The van der Waals surface area contributed by atoms with Gasteiger partial charge in [-0.05, 0) is 35.4 Å². The molecule has 1 aromatic heterocycles. The highest BCUT2D eigenvalue weighted by molar-refractivity contribution is 5.92. The van der Waals surface area contributed by atoms with E-state index in [4.69, 9.17) is 9.47 Å². The maximum atomic E-state index is 12.3. The van der Waals surface area contributed by atoms with E-state index < -0.39 is 0 Å². The molecule has 2 aromatic carbocycles. The van der Waals surface area contributed by atoms with Gasteiger partial charge in [0, 0.05) is 19.8 Å². The van der Waals surface area contributed by atoms with Crippen molar-refractivity contribution in [2.75, 3.05) is 28.3 Å². The van der Waals surface area contributed by atoms with Gasteiger partial charge in [0.05, 0.1) is 26.7 Å². The Balaban J connectivity index is 2.03. The Hall–Kier alpha value is -3.28. The molecule has 0 fully saturated rings. The average Bonchev–Trinajstić information content (AvgIpc) is 3.16. The first-order valence-corrected chi connectivity index (χ1v) is 8.12. The topological polar surface area (TPSA) is 56.6 Å². The SMILES string of the molecule is COc1ccc(-c2cccc(-n3cncc3C(=O)N(C)C)c2)cc1OC. The second-order valence-corrected chi connectivity index (χ2v) is 5.97. The molecular formula is C20H21N3O3. The molecule has 0 atom stereocenters. The Kier molecular flexibility index (Phi) is 4.93.